The fourth-order valence-electron chi connectivity index (χ4n) is 3.83. The lowest BCUT2D eigenvalue weighted by atomic mass is 10.0. The average Bonchev–Trinajstić information content (AvgIpc) is 3.12. The van der Waals surface area contributed by atoms with Crippen LogP contribution >= 0.6 is 0 Å². The van der Waals surface area contributed by atoms with E-state index in [4.69, 9.17) is 4.74 Å². The number of carbonyl (C=O) groups excluding carboxylic acids is 5. The third-order valence-electron chi connectivity index (χ3n) is 5.60. The number of ether oxygens (including phenoxy) is 1. The van der Waals surface area contributed by atoms with Crippen LogP contribution in [0.2, 0.25) is 0 Å². The van der Waals surface area contributed by atoms with Gasteiger partial charge in [-0.05, 0) is 48.9 Å². The van der Waals surface area contributed by atoms with Gasteiger partial charge in [0, 0.05) is 17.7 Å². The van der Waals surface area contributed by atoms with Crippen molar-refractivity contribution in [1.82, 2.24) is 4.90 Å². The summed E-state index contributed by atoms with van der Waals surface area (Å²) >= 11 is 0. The Morgan fingerprint density at radius 2 is 1.40 bits per heavy atom. The summed E-state index contributed by atoms with van der Waals surface area (Å²) in [6, 6.07) is 20.3. The molecule has 8 nitrogen and oxygen atoms in total. The number of hydrogen-bond acceptors (Lipinski definition) is 6. The van der Waals surface area contributed by atoms with E-state index in [0.29, 0.717) is 11.3 Å². The zero-order chi connectivity index (χ0) is 24.9. The molecule has 0 saturated heterocycles. The Labute approximate surface area is 201 Å². The smallest absolute Gasteiger partial charge is 0.330 e. The summed E-state index contributed by atoms with van der Waals surface area (Å²) in [5, 5.41) is 2.58. The van der Waals surface area contributed by atoms with Crippen molar-refractivity contribution in [2.24, 2.45) is 0 Å². The Balaban J connectivity index is 1.48. The molecule has 1 aliphatic heterocycles. The lowest BCUT2D eigenvalue weighted by Crippen LogP contribution is -2.47. The van der Waals surface area contributed by atoms with Crippen molar-refractivity contribution >= 4 is 35.2 Å². The van der Waals surface area contributed by atoms with E-state index in [0.717, 1.165) is 10.5 Å². The topological polar surface area (TPSA) is 110 Å². The molecule has 0 bridgehead atoms. The predicted octanol–water partition coefficient (Wildman–Crippen LogP) is 3.28. The number of amides is 3. The second kappa shape index (κ2) is 10.1. The standard InChI is InChI=1S/C27H22N2O6/c1-17(30)19-11-13-20(14-12-19)28-24(31)16-35-27(34)23(15-18-7-3-2-4-8-18)29-25(32)21-9-5-6-10-22(21)26(29)33/h2-14,23H,15-16H2,1H3,(H,28,31)/t23-/m1/s1. The average molecular weight is 470 g/mol. The first-order valence-electron chi connectivity index (χ1n) is 10.9. The first-order valence-corrected chi connectivity index (χ1v) is 10.9. The number of nitrogens with one attached hydrogen (secondary N) is 1. The van der Waals surface area contributed by atoms with Gasteiger partial charge in [-0.3, -0.25) is 24.1 Å². The van der Waals surface area contributed by atoms with E-state index in [9.17, 15) is 24.0 Å². The van der Waals surface area contributed by atoms with E-state index in [1.54, 1.807) is 60.7 Å². The quantitative estimate of drug-likeness (QED) is 0.307. The molecular formula is C27H22N2O6. The minimum Gasteiger partial charge on any atom is -0.454 e. The Kier molecular flexibility index (Phi) is 6.82. The molecule has 3 aromatic rings. The van der Waals surface area contributed by atoms with Gasteiger partial charge in [0.2, 0.25) is 0 Å². The van der Waals surface area contributed by atoms with Crippen molar-refractivity contribution in [3.63, 3.8) is 0 Å². The molecule has 1 aliphatic rings. The molecule has 176 valence electrons. The highest BCUT2D eigenvalue weighted by molar-refractivity contribution is 6.22. The van der Waals surface area contributed by atoms with Crippen LogP contribution in [0.4, 0.5) is 5.69 Å². The van der Waals surface area contributed by atoms with Crippen molar-refractivity contribution in [3.05, 3.63) is 101 Å². The van der Waals surface area contributed by atoms with Gasteiger partial charge in [-0.1, -0.05) is 42.5 Å². The minimum atomic E-state index is -1.24. The molecule has 3 aromatic carbocycles. The molecule has 1 heterocycles. The number of anilines is 1. The van der Waals surface area contributed by atoms with Crippen LogP contribution < -0.4 is 5.32 Å². The van der Waals surface area contributed by atoms with Crippen LogP contribution in [0.5, 0.6) is 0 Å². The summed E-state index contributed by atoms with van der Waals surface area (Å²) in [7, 11) is 0. The number of imide groups is 1. The predicted molar refractivity (Wildman–Crippen MR) is 127 cm³/mol. The number of rotatable bonds is 8. The number of Topliss-reactive ketones (excluding diaryl/α,β-unsaturated/α-hetero) is 1. The maximum atomic E-state index is 13.1. The van der Waals surface area contributed by atoms with E-state index in [1.165, 1.54) is 19.1 Å². The number of esters is 1. The monoisotopic (exact) mass is 470 g/mol. The van der Waals surface area contributed by atoms with E-state index in [2.05, 4.69) is 5.32 Å². The Morgan fingerprint density at radius 1 is 0.829 bits per heavy atom. The molecule has 0 saturated carbocycles. The summed E-state index contributed by atoms with van der Waals surface area (Å²) < 4.78 is 5.23. The molecule has 0 radical (unpaired) electrons. The first-order chi connectivity index (χ1) is 16.8. The van der Waals surface area contributed by atoms with Gasteiger partial charge < -0.3 is 10.1 Å². The highest BCUT2D eigenvalue weighted by Gasteiger charge is 2.43. The van der Waals surface area contributed by atoms with Crippen LogP contribution in [0.1, 0.15) is 43.6 Å². The fourth-order valence-corrected chi connectivity index (χ4v) is 3.83. The number of carbonyl (C=O) groups is 5. The van der Waals surface area contributed by atoms with Gasteiger partial charge >= 0.3 is 5.97 Å². The van der Waals surface area contributed by atoms with Gasteiger partial charge in [0.05, 0.1) is 11.1 Å². The Morgan fingerprint density at radius 3 is 1.97 bits per heavy atom. The van der Waals surface area contributed by atoms with E-state index in [1.807, 2.05) is 6.07 Å². The molecule has 3 amide bonds. The van der Waals surface area contributed by atoms with E-state index < -0.39 is 36.3 Å². The third kappa shape index (κ3) is 5.16. The third-order valence-corrected chi connectivity index (χ3v) is 5.60. The zero-order valence-corrected chi connectivity index (χ0v) is 18.9. The minimum absolute atomic E-state index is 0.0409. The zero-order valence-electron chi connectivity index (χ0n) is 18.9. The molecule has 4 rings (SSSR count). The normalized spacial score (nSPS) is 13.2. The summed E-state index contributed by atoms with van der Waals surface area (Å²) in [4.78, 5) is 63.7. The molecule has 1 N–H and O–H groups in total. The van der Waals surface area contributed by atoms with Gasteiger partial charge in [0.25, 0.3) is 17.7 Å². The van der Waals surface area contributed by atoms with E-state index in [-0.39, 0.29) is 23.3 Å². The highest BCUT2D eigenvalue weighted by atomic mass is 16.5. The van der Waals surface area contributed by atoms with E-state index >= 15 is 0 Å². The van der Waals surface area contributed by atoms with Gasteiger partial charge in [-0.15, -0.1) is 0 Å². The SMILES string of the molecule is CC(=O)c1ccc(NC(=O)COC(=O)[C@@H](Cc2ccccc2)N2C(=O)c3ccccc3C2=O)cc1. The summed E-state index contributed by atoms with van der Waals surface area (Å²) in [5.41, 5.74) is 2.09. The lowest BCUT2D eigenvalue weighted by molar-refractivity contribution is -0.151. The molecule has 1 atom stereocenters. The Bertz CT molecular complexity index is 1270. The fraction of sp³-hybridized carbons (Fsp3) is 0.148. The number of benzene rings is 3. The number of fused-ring (bicyclic) bond motifs is 1. The van der Waals surface area contributed by atoms with Crippen molar-refractivity contribution < 1.29 is 28.7 Å². The second-order valence-corrected chi connectivity index (χ2v) is 8.02. The summed E-state index contributed by atoms with van der Waals surface area (Å²) in [6.07, 6.45) is 0.0409. The van der Waals surface area contributed by atoms with Crippen LogP contribution in [0.15, 0.2) is 78.9 Å². The maximum Gasteiger partial charge on any atom is 0.330 e. The van der Waals surface area contributed by atoms with Crippen molar-refractivity contribution in [2.75, 3.05) is 11.9 Å². The van der Waals surface area contributed by atoms with Crippen molar-refractivity contribution in [2.45, 2.75) is 19.4 Å². The van der Waals surface area contributed by atoms with Crippen LogP contribution in [0, 0.1) is 0 Å². The number of ketones is 1. The molecular weight excluding hydrogens is 448 g/mol. The highest BCUT2D eigenvalue weighted by Crippen LogP contribution is 2.26. The first kappa shape index (κ1) is 23.6. The van der Waals surface area contributed by atoms with Crippen LogP contribution in [-0.4, -0.2) is 47.0 Å². The summed E-state index contributed by atoms with van der Waals surface area (Å²) in [5.74, 6) is -2.74. The van der Waals surface area contributed by atoms with Crippen LogP contribution in [-0.2, 0) is 20.7 Å². The number of hydrogen-bond donors (Lipinski definition) is 1. The molecule has 0 spiro atoms. The largest absolute Gasteiger partial charge is 0.454 e. The lowest BCUT2D eigenvalue weighted by Gasteiger charge is -2.24. The van der Waals surface area contributed by atoms with Gasteiger partial charge in [0.15, 0.2) is 12.4 Å². The second-order valence-electron chi connectivity index (χ2n) is 8.02. The molecule has 35 heavy (non-hydrogen) atoms. The van der Waals surface area contributed by atoms with Gasteiger partial charge in [-0.25, -0.2) is 4.79 Å². The van der Waals surface area contributed by atoms with Gasteiger partial charge in [0.1, 0.15) is 6.04 Å². The number of nitrogens with zero attached hydrogens (tertiary/aromatic N) is 1. The Hall–Kier alpha value is -4.59. The maximum absolute atomic E-state index is 13.1. The summed E-state index contributed by atoms with van der Waals surface area (Å²) in [6.45, 7) is 0.828. The van der Waals surface area contributed by atoms with Gasteiger partial charge in [-0.2, -0.15) is 0 Å². The molecule has 0 aliphatic carbocycles. The molecule has 8 heteroatoms. The van der Waals surface area contributed by atoms with Crippen LogP contribution in [0.3, 0.4) is 0 Å². The molecule has 0 aromatic heterocycles. The van der Waals surface area contributed by atoms with Crippen LogP contribution in [0.25, 0.3) is 0 Å². The molecule has 0 unspecified atom stereocenters. The molecule has 0 fully saturated rings. The van der Waals surface area contributed by atoms with Crippen molar-refractivity contribution in [3.8, 4) is 0 Å². The van der Waals surface area contributed by atoms with Crippen molar-refractivity contribution in [1.29, 1.82) is 0 Å².